The Morgan fingerprint density at radius 1 is 1.25 bits per heavy atom. The number of halogens is 3. The molecule has 0 saturated carbocycles. The van der Waals surface area contributed by atoms with Crippen LogP contribution in [0.4, 0.5) is 8.78 Å². The molecule has 0 fully saturated rings. The van der Waals surface area contributed by atoms with Crippen LogP contribution < -0.4 is 5.32 Å². The van der Waals surface area contributed by atoms with Crippen LogP contribution in [0.15, 0.2) is 28.7 Å². The highest BCUT2D eigenvalue weighted by molar-refractivity contribution is 9.10. The summed E-state index contributed by atoms with van der Waals surface area (Å²) in [7, 11) is 1.93. The molecule has 0 spiro atoms. The molecule has 0 amide bonds. The molecular formula is C15H16BrF2NS. The van der Waals surface area contributed by atoms with Crippen LogP contribution in [0.2, 0.25) is 0 Å². The number of thiophene rings is 1. The van der Waals surface area contributed by atoms with Gasteiger partial charge in [0.25, 0.3) is 0 Å². The predicted octanol–water partition coefficient (Wildman–Crippen LogP) is 5.52. The van der Waals surface area contributed by atoms with Gasteiger partial charge in [-0.05, 0) is 47.6 Å². The fraction of sp³-hybridized carbons (Fsp3) is 0.333. The average Bonchev–Trinajstić information content (AvgIpc) is 2.89. The molecule has 1 aromatic carbocycles. The van der Waals surface area contributed by atoms with Gasteiger partial charge in [-0.25, -0.2) is 8.78 Å². The number of benzene rings is 1. The second-order valence-corrected chi connectivity index (χ2v) is 6.55. The minimum Gasteiger partial charge on any atom is -0.312 e. The van der Waals surface area contributed by atoms with E-state index in [0.29, 0.717) is 5.56 Å². The SMILES string of the molecule is CCCC(NC)c1ccc(-c2cc(Br)c(F)cc2F)s1. The molecule has 20 heavy (non-hydrogen) atoms. The molecule has 1 atom stereocenters. The average molecular weight is 360 g/mol. The number of hydrogen-bond donors (Lipinski definition) is 1. The van der Waals surface area contributed by atoms with Crippen molar-refractivity contribution in [3.8, 4) is 10.4 Å². The smallest absolute Gasteiger partial charge is 0.140 e. The van der Waals surface area contributed by atoms with Crippen LogP contribution in [0.25, 0.3) is 10.4 Å². The van der Waals surface area contributed by atoms with Crippen molar-refractivity contribution < 1.29 is 8.78 Å². The Bertz CT molecular complexity index is 598. The Hall–Kier alpha value is -0.780. The highest BCUT2D eigenvalue weighted by Crippen LogP contribution is 2.36. The predicted molar refractivity (Wildman–Crippen MR) is 84.1 cm³/mol. The summed E-state index contributed by atoms with van der Waals surface area (Å²) in [5.74, 6) is -1.11. The molecule has 0 aliphatic heterocycles. The lowest BCUT2D eigenvalue weighted by atomic mass is 10.1. The first-order valence-electron chi connectivity index (χ1n) is 6.48. The highest BCUT2D eigenvalue weighted by atomic mass is 79.9. The highest BCUT2D eigenvalue weighted by Gasteiger charge is 2.15. The Kier molecular flexibility index (Phi) is 5.29. The molecule has 1 unspecified atom stereocenters. The number of rotatable bonds is 5. The minimum atomic E-state index is -0.581. The van der Waals surface area contributed by atoms with E-state index in [9.17, 15) is 8.78 Å². The van der Waals surface area contributed by atoms with Crippen molar-refractivity contribution in [3.63, 3.8) is 0 Å². The number of nitrogens with one attached hydrogen (secondary N) is 1. The fourth-order valence-corrected chi connectivity index (χ4v) is 3.63. The zero-order valence-electron chi connectivity index (χ0n) is 11.3. The van der Waals surface area contributed by atoms with Gasteiger partial charge in [0.05, 0.1) is 4.47 Å². The topological polar surface area (TPSA) is 12.0 Å². The molecule has 0 bridgehead atoms. The normalized spacial score (nSPS) is 12.7. The van der Waals surface area contributed by atoms with Crippen molar-refractivity contribution >= 4 is 27.3 Å². The minimum absolute atomic E-state index is 0.280. The van der Waals surface area contributed by atoms with Gasteiger partial charge in [-0.1, -0.05) is 13.3 Å². The lowest BCUT2D eigenvalue weighted by Crippen LogP contribution is -2.14. The van der Waals surface area contributed by atoms with Gasteiger partial charge in [-0.2, -0.15) is 0 Å². The second-order valence-electron chi connectivity index (χ2n) is 4.58. The van der Waals surface area contributed by atoms with Crippen molar-refractivity contribution in [3.05, 3.63) is 45.2 Å². The van der Waals surface area contributed by atoms with E-state index in [4.69, 9.17) is 0 Å². The van der Waals surface area contributed by atoms with Crippen LogP contribution in [0, 0.1) is 11.6 Å². The van der Waals surface area contributed by atoms with Gasteiger partial charge in [0.15, 0.2) is 0 Å². The zero-order chi connectivity index (χ0) is 14.7. The van der Waals surface area contributed by atoms with E-state index in [2.05, 4.69) is 28.2 Å². The Balaban J connectivity index is 2.35. The molecule has 0 saturated heterocycles. The first kappa shape index (κ1) is 15.6. The van der Waals surface area contributed by atoms with Gasteiger partial charge in [-0.3, -0.25) is 0 Å². The summed E-state index contributed by atoms with van der Waals surface area (Å²) in [4.78, 5) is 1.98. The van der Waals surface area contributed by atoms with Crippen molar-refractivity contribution in [2.45, 2.75) is 25.8 Å². The van der Waals surface area contributed by atoms with Gasteiger partial charge in [-0.15, -0.1) is 11.3 Å². The summed E-state index contributed by atoms with van der Waals surface area (Å²) in [5.41, 5.74) is 0.431. The van der Waals surface area contributed by atoms with Gasteiger partial charge < -0.3 is 5.32 Å². The summed E-state index contributed by atoms with van der Waals surface area (Å²) in [6.07, 6.45) is 2.11. The summed E-state index contributed by atoms with van der Waals surface area (Å²) in [5, 5.41) is 3.27. The van der Waals surface area contributed by atoms with Gasteiger partial charge in [0.1, 0.15) is 11.6 Å². The second kappa shape index (κ2) is 6.78. The first-order chi connectivity index (χ1) is 9.56. The van der Waals surface area contributed by atoms with E-state index in [1.165, 1.54) is 10.9 Å². The van der Waals surface area contributed by atoms with Gasteiger partial charge in [0, 0.05) is 27.4 Å². The molecule has 5 heteroatoms. The third-order valence-electron chi connectivity index (χ3n) is 3.17. The van der Waals surface area contributed by atoms with Crippen molar-refractivity contribution in [1.29, 1.82) is 0 Å². The van der Waals surface area contributed by atoms with Crippen LogP contribution in [0.1, 0.15) is 30.7 Å². The lowest BCUT2D eigenvalue weighted by Gasteiger charge is -2.12. The van der Waals surface area contributed by atoms with E-state index < -0.39 is 11.6 Å². The maximum absolute atomic E-state index is 13.9. The summed E-state index contributed by atoms with van der Waals surface area (Å²) in [6, 6.07) is 6.59. The Morgan fingerprint density at radius 2 is 2.00 bits per heavy atom. The summed E-state index contributed by atoms with van der Waals surface area (Å²) < 4.78 is 27.4. The lowest BCUT2D eigenvalue weighted by molar-refractivity contribution is 0.550. The zero-order valence-corrected chi connectivity index (χ0v) is 13.7. The van der Waals surface area contributed by atoms with Crippen molar-refractivity contribution in [2.24, 2.45) is 0 Å². The molecule has 2 aromatic rings. The Morgan fingerprint density at radius 3 is 2.65 bits per heavy atom. The van der Waals surface area contributed by atoms with E-state index >= 15 is 0 Å². The third-order valence-corrected chi connectivity index (χ3v) is 5.01. The van der Waals surface area contributed by atoms with E-state index in [1.807, 2.05) is 19.2 Å². The van der Waals surface area contributed by atoms with Gasteiger partial charge >= 0.3 is 0 Å². The van der Waals surface area contributed by atoms with Crippen LogP contribution >= 0.6 is 27.3 Å². The summed E-state index contributed by atoms with van der Waals surface area (Å²) >= 11 is 4.64. The largest absolute Gasteiger partial charge is 0.312 e. The molecule has 1 heterocycles. The molecule has 1 aromatic heterocycles. The molecular weight excluding hydrogens is 344 g/mol. The first-order valence-corrected chi connectivity index (χ1v) is 8.09. The third kappa shape index (κ3) is 3.27. The van der Waals surface area contributed by atoms with E-state index in [1.54, 1.807) is 11.3 Å². The molecule has 1 nitrogen and oxygen atoms in total. The van der Waals surface area contributed by atoms with Crippen LogP contribution in [-0.4, -0.2) is 7.05 Å². The van der Waals surface area contributed by atoms with Gasteiger partial charge in [0.2, 0.25) is 0 Å². The molecule has 108 valence electrons. The molecule has 1 N–H and O–H groups in total. The maximum Gasteiger partial charge on any atom is 0.140 e. The standard InChI is InChI=1S/C15H16BrF2NS/c1-3-4-13(19-2)15-6-5-14(20-15)9-7-10(16)12(18)8-11(9)17/h5-8,13,19H,3-4H2,1-2H3. The van der Waals surface area contributed by atoms with Crippen molar-refractivity contribution in [1.82, 2.24) is 5.32 Å². The van der Waals surface area contributed by atoms with E-state index in [0.717, 1.165) is 23.8 Å². The molecule has 0 aliphatic carbocycles. The monoisotopic (exact) mass is 359 g/mol. The fourth-order valence-electron chi connectivity index (χ4n) is 2.11. The summed E-state index contributed by atoms with van der Waals surface area (Å²) in [6.45, 7) is 2.13. The molecule has 0 radical (unpaired) electrons. The molecule has 2 rings (SSSR count). The maximum atomic E-state index is 13.9. The number of hydrogen-bond acceptors (Lipinski definition) is 2. The van der Waals surface area contributed by atoms with Crippen LogP contribution in [0.5, 0.6) is 0 Å². The van der Waals surface area contributed by atoms with Crippen molar-refractivity contribution in [2.75, 3.05) is 7.05 Å². The van der Waals surface area contributed by atoms with Crippen LogP contribution in [-0.2, 0) is 0 Å². The molecule has 0 aliphatic rings. The Labute approximate surface area is 130 Å². The van der Waals surface area contributed by atoms with E-state index in [-0.39, 0.29) is 10.5 Å². The van der Waals surface area contributed by atoms with Crippen LogP contribution in [0.3, 0.4) is 0 Å². The quantitative estimate of drug-likeness (QED) is 0.693.